The number of aliphatic hydroxyl groups is 1. The van der Waals surface area contributed by atoms with Gasteiger partial charge in [-0.3, -0.25) is 0 Å². The van der Waals surface area contributed by atoms with Gasteiger partial charge < -0.3 is 15.7 Å². The average molecular weight is 278 g/mol. The van der Waals surface area contributed by atoms with Crippen molar-refractivity contribution in [2.24, 2.45) is 0 Å². The third-order valence-electron chi connectivity index (χ3n) is 2.34. The summed E-state index contributed by atoms with van der Waals surface area (Å²) in [7, 11) is 0. The van der Waals surface area contributed by atoms with Crippen LogP contribution in [0.15, 0.2) is 12.7 Å². The van der Waals surface area contributed by atoms with Crippen molar-refractivity contribution in [1.82, 2.24) is 29.7 Å². The molecule has 20 heavy (non-hydrogen) atoms. The Morgan fingerprint density at radius 2 is 2.00 bits per heavy atom. The Hall–Kier alpha value is -2.29. The highest BCUT2D eigenvalue weighted by Crippen LogP contribution is 2.08. The van der Waals surface area contributed by atoms with E-state index in [-0.39, 0.29) is 0 Å². The third-order valence-corrected chi connectivity index (χ3v) is 2.34. The number of aromatic nitrogens is 6. The molecule has 2 heterocycles. The minimum absolute atomic E-state index is 0.355. The highest BCUT2D eigenvalue weighted by atomic mass is 16.3. The van der Waals surface area contributed by atoms with Gasteiger partial charge in [0.25, 0.3) is 5.95 Å². The summed E-state index contributed by atoms with van der Waals surface area (Å²) in [4.78, 5) is 16.6. The molecular weight excluding hydrogens is 260 g/mol. The van der Waals surface area contributed by atoms with E-state index < -0.39 is 6.10 Å². The number of hydrogen-bond donors (Lipinski definition) is 3. The van der Waals surface area contributed by atoms with Gasteiger partial charge in [0.05, 0.1) is 6.10 Å². The van der Waals surface area contributed by atoms with Crippen molar-refractivity contribution in [3.63, 3.8) is 0 Å². The van der Waals surface area contributed by atoms with Gasteiger partial charge in [-0.15, -0.1) is 0 Å². The molecule has 2 aromatic rings. The van der Waals surface area contributed by atoms with Crippen LogP contribution < -0.4 is 10.6 Å². The SMILES string of the molecule is CCCNc1nc(NCC(C)O)nc(-n2cncn2)n1. The molecule has 0 saturated carbocycles. The quantitative estimate of drug-likeness (QED) is 0.652. The molecule has 0 radical (unpaired) electrons. The van der Waals surface area contributed by atoms with Gasteiger partial charge in [0.1, 0.15) is 12.7 Å². The molecule has 0 bridgehead atoms. The summed E-state index contributed by atoms with van der Waals surface area (Å²) in [6.07, 6.45) is 3.39. The Morgan fingerprint density at radius 1 is 1.25 bits per heavy atom. The normalized spacial score (nSPS) is 12.2. The molecule has 0 amide bonds. The van der Waals surface area contributed by atoms with Gasteiger partial charge in [-0.2, -0.15) is 24.7 Å². The Balaban J connectivity index is 2.24. The first-order valence-corrected chi connectivity index (χ1v) is 6.46. The average Bonchev–Trinajstić information content (AvgIpc) is 2.97. The van der Waals surface area contributed by atoms with Gasteiger partial charge in [0, 0.05) is 13.1 Å². The number of nitrogens with one attached hydrogen (secondary N) is 2. The van der Waals surface area contributed by atoms with Crippen LogP contribution in [0.1, 0.15) is 20.3 Å². The number of rotatable bonds is 7. The van der Waals surface area contributed by atoms with Crippen LogP contribution in [-0.4, -0.2) is 54.0 Å². The second kappa shape index (κ2) is 6.75. The third kappa shape index (κ3) is 3.85. The van der Waals surface area contributed by atoms with Crippen molar-refractivity contribution >= 4 is 11.9 Å². The van der Waals surface area contributed by atoms with Crippen molar-refractivity contribution in [1.29, 1.82) is 0 Å². The Labute approximate surface area is 116 Å². The van der Waals surface area contributed by atoms with E-state index in [1.54, 1.807) is 6.92 Å². The lowest BCUT2D eigenvalue weighted by atomic mass is 10.4. The number of anilines is 2. The largest absolute Gasteiger partial charge is 0.392 e. The van der Waals surface area contributed by atoms with Crippen LogP contribution in [0, 0.1) is 0 Å². The summed E-state index contributed by atoms with van der Waals surface area (Å²) in [5.41, 5.74) is 0. The Morgan fingerprint density at radius 3 is 2.60 bits per heavy atom. The number of hydrogen-bond acceptors (Lipinski definition) is 8. The molecule has 0 fully saturated rings. The van der Waals surface area contributed by atoms with E-state index in [2.05, 4.69) is 42.6 Å². The summed E-state index contributed by atoms with van der Waals surface area (Å²) < 4.78 is 1.45. The van der Waals surface area contributed by atoms with Crippen LogP contribution in [0.3, 0.4) is 0 Å². The highest BCUT2D eigenvalue weighted by Gasteiger charge is 2.09. The van der Waals surface area contributed by atoms with Crippen molar-refractivity contribution in [3.8, 4) is 5.95 Å². The van der Waals surface area contributed by atoms with E-state index in [9.17, 15) is 5.11 Å². The van der Waals surface area contributed by atoms with E-state index in [1.807, 2.05) is 0 Å². The highest BCUT2D eigenvalue weighted by molar-refractivity contribution is 5.37. The van der Waals surface area contributed by atoms with Crippen LogP contribution in [0.4, 0.5) is 11.9 Å². The molecule has 9 nitrogen and oxygen atoms in total. The lowest BCUT2D eigenvalue weighted by Gasteiger charge is -2.10. The minimum Gasteiger partial charge on any atom is -0.392 e. The Bertz CT molecular complexity index is 527. The zero-order chi connectivity index (χ0) is 14.4. The summed E-state index contributed by atoms with van der Waals surface area (Å²) in [5.74, 6) is 1.20. The number of aliphatic hydroxyl groups excluding tert-OH is 1. The van der Waals surface area contributed by atoms with E-state index in [0.717, 1.165) is 13.0 Å². The molecule has 9 heteroatoms. The first-order valence-electron chi connectivity index (χ1n) is 6.46. The smallest absolute Gasteiger partial charge is 0.258 e. The van der Waals surface area contributed by atoms with Gasteiger partial charge in [0.2, 0.25) is 11.9 Å². The first-order chi connectivity index (χ1) is 9.69. The van der Waals surface area contributed by atoms with Crippen LogP contribution in [0.2, 0.25) is 0 Å². The summed E-state index contributed by atoms with van der Waals surface area (Å²) in [6.45, 7) is 4.85. The maximum atomic E-state index is 9.30. The van der Waals surface area contributed by atoms with Gasteiger partial charge >= 0.3 is 0 Å². The van der Waals surface area contributed by atoms with Crippen molar-refractivity contribution < 1.29 is 5.11 Å². The van der Waals surface area contributed by atoms with Gasteiger partial charge in [-0.05, 0) is 13.3 Å². The maximum Gasteiger partial charge on any atom is 0.258 e. The molecule has 0 spiro atoms. The monoisotopic (exact) mass is 278 g/mol. The molecule has 1 unspecified atom stereocenters. The van der Waals surface area contributed by atoms with Crippen LogP contribution in [0.25, 0.3) is 5.95 Å². The summed E-state index contributed by atoms with van der Waals surface area (Å²) in [5, 5.41) is 19.3. The lowest BCUT2D eigenvalue weighted by Crippen LogP contribution is -2.19. The summed E-state index contributed by atoms with van der Waals surface area (Å²) >= 11 is 0. The fourth-order valence-electron chi connectivity index (χ4n) is 1.41. The molecule has 0 saturated heterocycles. The second-order valence-electron chi connectivity index (χ2n) is 4.28. The topological polar surface area (TPSA) is 114 Å². The molecule has 2 aromatic heterocycles. The van der Waals surface area contributed by atoms with Crippen LogP contribution in [0.5, 0.6) is 0 Å². The fraction of sp³-hybridized carbons (Fsp3) is 0.545. The van der Waals surface area contributed by atoms with E-state index in [0.29, 0.717) is 24.4 Å². The van der Waals surface area contributed by atoms with Crippen molar-refractivity contribution in [3.05, 3.63) is 12.7 Å². The van der Waals surface area contributed by atoms with Gasteiger partial charge in [0.15, 0.2) is 0 Å². The van der Waals surface area contributed by atoms with Crippen molar-refractivity contribution in [2.45, 2.75) is 26.4 Å². The maximum absolute atomic E-state index is 9.30. The zero-order valence-corrected chi connectivity index (χ0v) is 11.5. The molecule has 0 aliphatic carbocycles. The zero-order valence-electron chi connectivity index (χ0n) is 11.5. The molecule has 0 aromatic carbocycles. The molecule has 108 valence electrons. The van der Waals surface area contributed by atoms with E-state index in [1.165, 1.54) is 17.3 Å². The Kier molecular flexibility index (Phi) is 4.77. The summed E-state index contributed by atoms with van der Waals surface area (Å²) in [6, 6.07) is 0. The van der Waals surface area contributed by atoms with E-state index in [4.69, 9.17) is 0 Å². The number of nitrogens with zero attached hydrogens (tertiary/aromatic N) is 6. The molecule has 0 aliphatic heterocycles. The molecular formula is C11H18N8O. The molecule has 1 atom stereocenters. The standard InChI is InChI=1S/C11H18N8O/c1-3-4-13-9-16-10(14-5-8(2)20)18-11(17-9)19-7-12-6-15-19/h6-8,20H,3-5H2,1-2H3,(H2,13,14,16,17,18). The minimum atomic E-state index is -0.492. The fourth-order valence-corrected chi connectivity index (χ4v) is 1.41. The molecule has 0 aliphatic rings. The molecule has 3 N–H and O–H groups in total. The molecule has 2 rings (SSSR count). The van der Waals surface area contributed by atoms with Gasteiger partial charge in [-0.25, -0.2) is 4.98 Å². The van der Waals surface area contributed by atoms with Crippen LogP contribution in [-0.2, 0) is 0 Å². The predicted molar refractivity (Wildman–Crippen MR) is 73.7 cm³/mol. The van der Waals surface area contributed by atoms with Crippen molar-refractivity contribution in [2.75, 3.05) is 23.7 Å². The lowest BCUT2D eigenvalue weighted by molar-refractivity contribution is 0.208. The second-order valence-corrected chi connectivity index (χ2v) is 4.28. The first kappa shape index (κ1) is 14.1. The van der Waals surface area contributed by atoms with E-state index >= 15 is 0 Å². The van der Waals surface area contributed by atoms with Crippen LogP contribution >= 0.6 is 0 Å². The van der Waals surface area contributed by atoms with Gasteiger partial charge in [-0.1, -0.05) is 6.92 Å². The predicted octanol–water partition coefficient (Wildman–Crippen LogP) is 0.0669.